The number of carbonyl (C=O) groups excluding carboxylic acids is 2. The molecule has 0 bridgehead atoms. The third-order valence-corrected chi connectivity index (χ3v) is 4.29. The van der Waals surface area contributed by atoms with Crippen LogP contribution in [0.5, 0.6) is 0 Å². The van der Waals surface area contributed by atoms with Crippen LogP contribution in [0.4, 0.5) is 0 Å². The van der Waals surface area contributed by atoms with Gasteiger partial charge in [0.1, 0.15) is 11.8 Å². The van der Waals surface area contributed by atoms with Crippen molar-refractivity contribution in [2.75, 3.05) is 0 Å². The molecule has 26 heavy (non-hydrogen) atoms. The van der Waals surface area contributed by atoms with Gasteiger partial charge in [-0.3, -0.25) is 9.59 Å². The number of amides is 2. The van der Waals surface area contributed by atoms with Crippen LogP contribution >= 0.6 is 0 Å². The van der Waals surface area contributed by atoms with Gasteiger partial charge in [-0.2, -0.15) is 0 Å². The van der Waals surface area contributed by atoms with Crippen LogP contribution < -0.4 is 10.6 Å². The molecular formula is C21H28N2O3. The van der Waals surface area contributed by atoms with E-state index in [-0.39, 0.29) is 17.7 Å². The van der Waals surface area contributed by atoms with Gasteiger partial charge in [-0.1, -0.05) is 39.3 Å². The van der Waals surface area contributed by atoms with Crippen LogP contribution in [0.2, 0.25) is 0 Å². The average molecular weight is 356 g/mol. The molecule has 1 heterocycles. The minimum absolute atomic E-state index is 0.0284. The van der Waals surface area contributed by atoms with E-state index in [0.717, 1.165) is 19.3 Å². The third kappa shape index (κ3) is 5.76. The van der Waals surface area contributed by atoms with Gasteiger partial charge in [-0.15, -0.1) is 0 Å². The largest absolute Gasteiger partial charge is 0.467 e. The van der Waals surface area contributed by atoms with E-state index >= 15 is 0 Å². The summed E-state index contributed by atoms with van der Waals surface area (Å²) in [6.07, 6.45) is 4.86. The monoisotopic (exact) mass is 356 g/mol. The molecule has 0 radical (unpaired) electrons. The van der Waals surface area contributed by atoms with E-state index < -0.39 is 6.04 Å². The lowest BCUT2D eigenvalue weighted by molar-refractivity contribution is -0.124. The number of nitrogens with one attached hydrogen (secondary N) is 2. The molecule has 0 spiro atoms. The van der Waals surface area contributed by atoms with Crippen molar-refractivity contribution in [2.24, 2.45) is 5.92 Å². The summed E-state index contributed by atoms with van der Waals surface area (Å²) in [5.41, 5.74) is 1.79. The minimum atomic E-state index is -0.600. The lowest BCUT2D eigenvalue weighted by atomic mass is 10.0. The summed E-state index contributed by atoms with van der Waals surface area (Å²) in [5, 5.41) is 5.65. The van der Waals surface area contributed by atoms with Crippen molar-refractivity contribution in [1.29, 1.82) is 0 Å². The predicted molar refractivity (Wildman–Crippen MR) is 102 cm³/mol. The van der Waals surface area contributed by atoms with E-state index in [0.29, 0.717) is 17.9 Å². The van der Waals surface area contributed by atoms with Crippen molar-refractivity contribution in [2.45, 2.75) is 52.6 Å². The molecule has 2 N–H and O–H groups in total. The Morgan fingerprint density at radius 2 is 1.85 bits per heavy atom. The molecule has 0 aliphatic rings. The van der Waals surface area contributed by atoms with Crippen LogP contribution in [0.25, 0.3) is 0 Å². The highest BCUT2D eigenvalue weighted by molar-refractivity contribution is 5.97. The van der Waals surface area contributed by atoms with Gasteiger partial charge in [0, 0.05) is 5.56 Å². The second-order valence-corrected chi connectivity index (χ2v) is 6.79. The maximum Gasteiger partial charge on any atom is 0.251 e. The van der Waals surface area contributed by atoms with E-state index in [1.54, 1.807) is 18.4 Å². The Balaban J connectivity index is 1.95. The Morgan fingerprint density at radius 1 is 1.12 bits per heavy atom. The fraction of sp³-hybridized carbons (Fsp3) is 0.429. The molecule has 0 unspecified atom stereocenters. The van der Waals surface area contributed by atoms with Crippen LogP contribution in [-0.2, 0) is 17.8 Å². The Hall–Kier alpha value is -2.56. The predicted octanol–water partition coefficient (Wildman–Crippen LogP) is 3.69. The van der Waals surface area contributed by atoms with E-state index in [4.69, 9.17) is 4.42 Å². The number of benzene rings is 1. The molecule has 0 fully saturated rings. The molecule has 2 amide bonds. The topological polar surface area (TPSA) is 71.3 Å². The summed E-state index contributed by atoms with van der Waals surface area (Å²) >= 11 is 0. The van der Waals surface area contributed by atoms with Gasteiger partial charge >= 0.3 is 0 Å². The first kappa shape index (κ1) is 19.8. The average Bonchev–Trinajstić information content (AvgIpc) is 3.16. The molecule has 1 aromatic heterocycles. The first-order valence-corrected chi connectivity index (χ1v) is 9.21. The van der Waals surface area contributed by atoms with Crippen molar-refractivity contribution in [1.82, 2.24) is 10.6 Å². The summed E-state index contributed by atoms with van der Waals surface area (Å²) < 4.78 is 5.21. The number of hydrogen-bond acceptors (Lipinski definition) is 3. The molecular weight excluding hydrogens is 328 g/mol. The first-order valence-electron chi connectivity index (χ1n) is 9.21. The van der Waals surface area contributed by atoms with Gasteiger partial charge in [0.2, 0.25) is 5.91 Å². The maximum atomic E-state index is 12.5. The zero-order chi connectivity index (χ0) is 18.9. The number of hydrogen-bond donors (Lipinski definition) is 2. The molecule has 5 nitrogen and oxygen atoms in total. The molecule has 140 valence electrons. The third-order valence-electron chi connectivity index (χ3n) is 4.29. The van der Waals surface area contributed by atoms with Gasteiger partial charge in [0.05, 0.1) is 12.8 Å². The number of unbranched alkanes of at least 4 members (excludes halogenated alkanes) is 1. The normalized spacial score (nSPS) is 12.0. The Labute approximate surface area is 155 Å². The number of carbonyl (C=O) groups is 2. The fourth-order valence-electron chi connectivity index (χ4n) is 2.66. The minimum Gasteiger partial charge on any atom is -0.467 e. The van der Waals surface area contributed by atoms with E-state index in [2.05, 4.69) is 17.6 Å². The van der Waals surface area contributed by atoms with Gasteiger partial charge in [0.25, 0.3) is 5.91 Å². The molecule has 0 aliphatic heterocycles. The van der Waals surface area contributed by atoms with Gasteiger partial charge in [0.15, 0.2) is 0 Å². The van der Waals surface area contributed by atoms with E-state index in [1.165, 1.54) is 5.56 Å². The molecule has 2 aromatic rings. The van der Waals surface area contributed by atoms with Crippen molar-refractivity contribution < 1.29 is 14.0 Å². The summed E-state index contributed by atoms with van der Waals surface area (Å²) in [4.78, 5) is 25.0. The number of furan rings is 1. The van der Waals surface area contributed by atoms with Crippen LogP contribution in [0.3, 0.4) is 0 Å². The summed E-state index contributed by atoms with van der Waals surface area (Å²) in [6.45, 7) is 6.28. The number of aryl methyl sites for hydroxylation is 1. The summed E-state index contributed by atoms with van der Waals surface area (Å²) in [7, 11) is 0. The summed E-state index contributed by atoms with van der Waals surface area (Å²) in [5.74, 6) is 0.192. The Bertz CT molecular complexity index is 691. The zero-order valence-electron chi connectivity index (χ0n) is 15.7. The molecule has 0 aliphatic carbocycles. The fourth-order valence-corrected chi connectivity index (χ4v) is 2.66. The van der Waals surface area contributed by atoms with E-state index in [9.17, 15) is 9.59 Å². The highest BCUT2D eigenvalue weighted by atomic mass is 16.3. The van der Waals surface area contributed by atoms with Crippen LogP contribution in [0.15, 0.2) is 47.1 Å². The first-order chi connectivity index (χ1) is 12.5. The van der Waals surface area contributed by atoms with Crippen molar-refractivity contribution in [3.63, 3.8) is 0 Å². The van der Waals surface area contributed by atoms with Crippen molar-refractivity contribution >= 4 is 11.8 Å². The second kappa shape index (κ2) is 9.80. The van der Waals surface area contributed by atoms with Crippen LogP contribution in [0.1, 0.15) is 55.3 Å². The lowest BCUT2D eigenvalue weighted by Crippen LogP contribution is -2.49. The molecule has 0 saturated carbocycles. The maximum absolute atomic E-state index is 12.5. The van der Waals surface area contributed by atoms with E-state index in [1.807, 2.05) is 38.1 Å². The molecule has 1 atom stereocenters. The summed E-state index contributed by atoms with van der Waals surface area (Å²) in [6, 6.07) is 10.6. The Kier molecular flexibility index (Phi) is 7.45. The van der Waals surface area contributed by atoms with Crippen molar-refractivity contribution in [3.05, 3.63) is 59.5 Å². The number of rotatable bonds is 9. The van der Waals surface area contributed by atoms with Gasteiger partial charge in [-0.25, -0.2) is 0 Å². The highest BCUT2D eigenvalue weighted by Gasteiger charge is 2.24. The van der Waals surface area contributed by atoms with Crippen LogP contribution in [0, 0.1) is 5.92 Å². The van der Waals surface area contributed by atoms with Crippen LogP contribution in [-0.4, -0.2) is 17.9 Å². The van der Waals surface area contributed by atoms with Gasteiger partial charge < -0.3 is 15.1 Å². The Morgan fingerprint density at radius 3 is 2.42 bits per heavy atom. The highest BCUT2D eigenvalue weighted by Crippen LogP contribution is 2.10. The quantitative estimate of drug-likeness (QED) is 0.720. The SMILES string of the molecule is CCCCc1ccc(C(=O)N[C@@H](C(=O)NCc2ccco2)C(C)C)cc1. The molecule has 2 rings (SSSR count). The lowest BCUT2D eigenvalue weighted by Gasteiger charge is -2.21. The van der Waals surface area contributed by atoms with Crippen molar-refractivity contribution in [3.8, 4) is 0 Å². The smallest absolute Gasteiger partial charge is 0.251 e. The standard InChI is InChI=1S/C21H28N2O3/c1-4-5-7-16-9-11-17(12-10-16)20(24)23-19(15(2)3)21(25)22-14-18-8-6-13-26-18/h6,8-13,15,19H,4-5,7,14H2,1-3H3,(H,22,25)(H,23,24)/t19-/m1/s1. The molecule has 0 saturated heterocycles. The molecule has 1 aromatic carbocycles. The molecule has 5 heteroatoms. The van der Waals surface area contributed by atoms with Gasteiger partial charge in [-0.05, 0) is 48.6 Å². The zero-order valence-corrected chi connectivity index (χ0v) is 15.7. The second-order valence-electron chi connectivity index (χ2n) is 6.79.